The fraction of sp³-hybridized carbons (Fsp3) is 0.800. The third-order valence-electron chi connectivity index (χ3n) is 0.604. The van der Waals surface area contributed by atoms with Gasteiger partial charge in [0.15, 0.2) is 0 Å². The Morgan fingerprint density at radius 3 is 1.86 bits per heavy atom. The second-order valence-electron chi connectivity index (χ2n) is 1.21. The SMILES string of the molecule is Cl.[CH2-]CCCC.[Cd]. The van der Waals surface area contributed by atoms with Crippen LogP contribution in [0.1, 0.15) is 26.2 Å². The zero-order valence-electron chi connectivity index (χ0n) is 4.94. The Bertz CT molecular complexity index is 15.6. The van der Waals surface area contributed by atoms with Gasteiger partial charge in [-0.05, 0) is 0 Å². The molecule has 0 N–H and O–H groups in total. The number of hydrogen-bond acceptors (Lipinski definition) is 0. The Balaban J connectivity index is -0.0000000800. The molecular weight excluding hydrogens is 208 g/mol. The Morgan fingerprint density at radius 1 is 1.43 bits per heavy atom. The minimum Gasteiger partial charge on any atom is -0.343 e. The van der Waals surface area contributed by atoms with Crippen molar-refractivity contribution in [2.45, 2.75) is 26.2 Å². The van der Waals surface area contributed by atoms with Crippen LogP contribution in [0, 0.1) is 6.92 Å². The van der Waals surface area contributed by atoms with Gasteiger partial charge in [0.25, 0.3) is 0 Å². The molecule has 0 atom stereocenters. The largest absolute Gasteiger partial charge is 0.343 e. The summed E-state index contributed by atoms with van der Waals surface area (Å²) in [7, 11) is 0. The van der Waals surface area contributed by atoms with E-state index in [1.165, 1.54) is 12.8 Å². The Kier molecular flexibility index (Phi) is 35.2. The first kappa shape index (κ1) is 15.7. The number of unbranched alkanes of at least 4 members (excludes halogenated alkanes) is 2. The summed E-state index contributed by atoms with van der Waals surface area (Å²) in [6.07, 6.45) is 3.65. The molecule has 0 saturated heterocycles. The van der Waals surface area contributed by atoms with Crippen LogP contribution in [0.4, 0.5) is 0 Å². The zero-order valence-corrected chi connectivity index (χ0v) is 9.80. The summed E-state index contributed by atoms with van der Waals surface area (Å²) >= 11 is 0. The molecule has 0 aliphatic rings. The zero-order chi connectivity index (χ0) is 4.12. The topological polar surface area (TPSA) is 0 Å². The van der Waals surface area contributed by atoms with Gasteiger partial charge < -0.3 is 6.92 Å². The van der Waals surface area contributed by atoms with Gasteiger partial charge in [-0.1, -0.05) is 19.8 Å². The molecule has 0 aliphatic heterocycles. The van der Waals surface area contributed by atoms with E-state index in [0.29, 0.717) is 0 Å². The van der Waals surface area contributed by atoms with Crippen LogP contribution < -0.4 is 0 Å². The summed E-state index contributed by atoms with van der Waals surface area (Å²) in [5.41, 5.74) is 0. The van der Waals surface area contributed by atoms with E-state index in [1.807, 2.05) is 0 Å². The van der Waals surface area contributed by atoms with E-state index in [1.54, 1.807) is 0 Å². The standard InChI is InChI=1S/C5H11.Cd.ClH/c1-3-5-4-2;;/h1,3-5H2,2H3;;1H/q-1;;. The van der Waals surface area contributed by atoms with Crippen molar-refractivity contribution in [3.8, 4) is 0 Å². The van der Waals surface area contributed by atoms with Gasteiger partial charge in [0.2, 0.25) is 0 Å². The quantitative estimate of drug-likeness (QED) is 0.495. The summed E-state index contributed by atoms with van der Waals surface area (Å²) in [5, 5.41) is 0. The molecule has 42 valence electrons. The molecule has 0 radical (unpaired) electrons. The van der Waals surface area contributed by atoms with E-state index in [4.69, 9.17) is 0 Å². The van der Waals surface area contributed by atoms with Gasteiger partial charge in [-0.2, -0.15) is 6.42 Å². The number of halogens is 1. The van der Waals surface area contributed by atoms with Gasteiger partial charge in [-0.15, -0.1) is 12.4 Å². The van der Waals surface area contributed by atoms with Crippen molar-refractivity contribution in [3.05, 3.63) is 6.92 Å². The maximum absolute atomic E-state index is 3.68. The predicted octanol–water partition coefficient (Wildman–Crippen LogP) is 2.43. The molecule has 0 unspecified atom stereocenters. The molecule has 0 rings (SSSR count). The molecule has 0 aliphatic carbocycles. The Labute approximate surface area is 72.6 Å². The maximum Gasteiger partial charge on any atom is 0 e. The van der Waals surface area contributed by atoms with Crippen LogP contribution in [-0.4, -0.2) is 0 Å². The Morgan fingerprint density at radius 2 is 1.86 bits per heavy atom. The first-order valence-electron chi connectivity index (χ1n) is 2.21. The molecule has 0 spiro atoms. The van der Waals surface area contributed by atoms with E-state index in [2.05, 4.69) is 13.8 Å². The molecule has 0 saturated carbocycles. The molecule has 0 bridgehead atoms. The average Bonchev–Trinajstić information content (AvgIpc) is 1.41. The van der Waals surface area contributed by atoms with E-state index in [-0.39, 0.29) is 39.7 Å². The third kappa shape index (κ3) is 19.0. The normalized spacial score (nSPS) is 6.00. The monoisotopic (exact) mass is 221 g/mol. The first-order valence-corrected chi connectivity index (χ1v) is 2.21. The molecule has 0 nitrogen and oxygen atoms in total. The molecule has 7 heavy (non-hydrogen) atoms. The van der Waals surface area contributed by atoms with E-state index >= 15 is 0 Å². The molecule has 0 aromatic carbocycles. The van der Waals surface area contributed by atoms with Gasteiger partial charge in [0.05, 0.1) is 0 Å². The predicted molar refractivity (Wildman–Crippen MR) is 32.1 cm³/mol. The van der Waals surface area contributed by atoms with Crippen molar-refractivity contribution >= 4 is 12.4 Å². The second kappa shape index (κ2) is 15.7. The van der Waals surface area contributed by atoms with Crippen molar-refractivity contribution in [2.75, 3.05) is 0 Å². The van der Waals surface area contributed by atoms with Gasteiger partial charge in [-0.25, -0.2) is 0 Å². The first-order chi connectivity index (χ1) is 2.41. The molecular formula is C5H12CdCl-. The van der Waals surface area contributed by atoms with E-state index in [9.17, 15) is 0 Å². The van der Waals surface area contributed by atoms with Gasteiger partial charge in [0, 0.05) is 27.3 Å². The van der Waals surface area contributed by atoms with Crippen LogP contribution >= 0.6 is 12.4 Å². The van der Waals surface area contributed by atoms with Crippen LogP contribution in [0.15, 0.2) is 0 Å². The van der Waals surface area contributed by atoms with Crippen molar-refractivity contribution in [1.82, 2.24) is 0 Å². The summed E-state index contributed by atoms with van der Waals surface area (Å²) in [5.74, 6) is 0. The second-order valence-corrected chi connectivity index (χ2v) is 1.21. The molecule has 0 aromatic rings. The van der Waals surface area contributed by atoms with Gasteiger partial charge in [-0.3, -0.25) is 0 Å². The Hall–Kier alpha value is 1.21. The van der Waals surface area contributed by atoms with Crippen LogP contribution in [0.2, 0.25) is 0 Å². The van der Waals surface area contributed by atoms with Crippen LogP contribution in [0.5, 0.6) is 0 Å². The van der Waals surface area contributed by atoms with Crippen molar-refractivity contribution in [2.24, 2.45) is 0 Å². The molecule has 2 heteroatoms. The minimum atomic E-state index is 0. The molecule has 0 fully saturated rings. The van der Waals surface area contributed by atoms with Crippen molar-refractivity contribution in [1.29, 1.82) is 0 Å². The summed E-state index contributed by atoms with van der Waals surface area (Å²) < 4.78 is 0. The smallest absolute Gasteiger partial charge is 0 e. The summed E-state index contributed by atoms with van der Waals surface area (Å²) in [6.45, 7) is 5.85. The van der Waals surface area contributed by atoms with Crippen molar-refractivity contribution < 1.29 is 27.3 Å². The molecule has 0 heterocycles. The summed E-state index contributed by atoms with van der Waals surface area (Å²) in [6, 6.07) is 0. The minimum absolute atomic E-state index is 0. The van der Waals surface area contributed by atoms with E-state index < -0.39 is 0 Å². The summed E-state index contributed by atoms with van der Waals surface area (Å²) in [4.78, 5) is 0. The fourth-order valence-corrected chi connectivity index (χ4v) is 0.250. The number of hydrogen-bond donors (Lipinski definition) is 0. The molecule has 0 aromatic heterocycles. The molecule has 0 amide bonds. The van der Waals surface area contributed by atoms with E-state index in [0.717, 1.165) is 6.42 Å². The van der Waals surface area contributed by atoms with Crippen LogP contribution in [0.3, 0.4) is 0 Å². The van der Waals surface area contributed by atoms with Crippen LogP contribution in [0.25, 0.3) is 0 Å². The van der Waals surface area contributed by atoms with Gasteiger partial charge >= 0.3 is 0 Å². The third-order valence-corrected chi connectivity index (χ3v) is 0.604. The number of rotatable bonds is 2. The van der Waals surface area contributed by atoms with Crippen molar-refractivity contribution in [3.63, 3.8) is 0 Å². The van der Waals surface area contributed by atoms with Crippen LogP contribution in [-0.2, 0) is 27.3 Å². The fourth-order valence-electron chi connectivity index (χ4n) is 0.250. The maximum atomic E-state index is 3.68. The van der Waals surface area contributed by atoms with Gasteiger partial charge in [0.1, 0.15) is 0 Å². The average molecular weight is 220 g/mol.